The molecule has 0 spiro atoms. The van der Waals surface area contributed by atoms with Gasteiger partial charge in [-0.15, -0.1) is 0 Å². The maximum Gasteiger partial charge on any atom is 0.227 e. The highest BCUT2D eigenvalue weighted by Crippen LogP contribution is 2.26. The summed E-state index contributed by atoms with van der Waals surface area (Å²) in [6.45, 7) is 4.38. The monoisotopic (exact) mass is 552 g/mol. The molecule has 0 saturated carbocycles. The third kappa shape index (κ3) is 11.5. The van der Waals surface area contributed by atoms with Crippen LogP contribution in [0.15, 0.2) is 48.5 Å². The maximum absolute atomic E-state index is 13.2. The zero-order valence-electron chi connectivity index (χ0n) is 23.1. The van der Waals surface area contributed by atoms with E-state index in [1.165, 1.54) is 0 Å². The molecule has 3 rings (SSSR count). The minimum Gasteiger partial charge on any atom is -0.394 e. The minimum absolute atomic E-state index is 0.0113. The number of hydrogen-bond donors (Lipinski definition) is 2. The average molecular weight is 553 g/mol. The summed E-state index contributed by atoms with van der Waals surface area (Å²) in [4.78, 5) is 27.2. The van der Waals surface area contributed by atoms with Crippen LogP contribution in [-0.4, -0.2) is 82.9 Å². The fraction of sp³-hybridized carbons (Fsp3) is 0.484. The number of aliphatic hydroxyl groups is 1. The number of fused-ring (bicyclic) bond motifs is 2. The molecule has 9 nitrogen and oxygen atoms in total. The van der Waals surface area contributed by atoms with Crippen LogP contribution >= 0.6 is 0 Å². The second kappa shape index (κ2) is 18.9. The molecule has 2 N–H and O–H groups in total. The largest absolute Gasteiger partial charge is 0.394 e. The number of unbranched alkanes of at least 4 members (excludes halogenated alkanes) is 1. The Morgan fingerprint density at radius 2 is 1.32 bits per heavy atom. The number of benzene rings is 2. The second-order valence-electron chi connectivity index (χ2n) is 9.13. The fourth-order valence-electron chi connectivity index (χ4n) is 4.08. The molecule has 0 radical (unpaired) electrons. The maximum atomic E-state index is 13.2. The van der Waals surface area contributed by atoms with E-state index in [0.29, 0.717) is 91.6 Å². The lowest BCUT2D eigenvalue weighted by atomic mass is 10.0. The van der Waals surface area contributed by atoms with Gasteiger partial charge in [-0.2, -0.15) is 0 Å². The number of nitrogens with zero attached hydrogens (tertiary/aromatic N) is 1. The van der Waals surface area contributed by atoms with E-state index in [1.54, 1.807) is 0 Å². The first-order valence-corrected chi connectivity index (χ1v) is 13.9. The number of anilines is 1. The van der Waals surface area contributed by atoms with Crippen LogP contribution in [-0.2, 0) is 35.1 Å². The number of carbonyl (C=O) groups is 2. The second-order valence-corrected chi connectivity index (χ2v) is 9.13. The molecule has 0 fully saturated rings. The lowest BCUT2D eigenvalue weighted by molar-refractivity contribution is -0.122. The van der Waals surface area contributed by atoms with Gasteiger partial charge in [-0.1, -0.05) is 42.2 Å². The Bertz CT molecular complexity index is 1110. The molecule has 0 aromatic heterocycles. The zero-order valence-corrected chi connectivity index (χ0v) is 23.1. The normalized spacial score (nSPS) is 12.0. The summed E-state index contributed by atoms with van der Waals surface area (Å²) < 4.78 is 21.3. The van der Waals surface area contributed by atoms with Crippen LogP contribution in [0.5, 0.6) is 0 Å². The third-order valence-corrected chi connectivity index (χ3v) is 6.14. The first-order valence-electron chi connectivity index (χ1n) is 13.9. The molecule has 1 heterocycles. The van der Waals surface area contributed by atoms with Gasteiger partial charge in [0.1, 0.15) is 0 Å². The lowest BCUT2D eigenvalue weighted by Crippen LogP contribution is -2.31. The summed E-state index contributed by atoms with van der Waals surface area (Å²) >= 11 is 0. The van der Waals surface area contributed by atoms with Gasteiger partial charge in [0.15, 0.2) is 0 Å². The van der Waals surface area contributed by atoms with Gasteiger partial charge in [-0.25, -0.2) is 0 Å². The van der Waals surface area contributed by atoms with E-state index in [9.17, 15) is 9.59 Å². The molecule has 9 heteroatoms. The number of rotatable bonds is 19. The molecular weight excluding hydrogens is 512 g/mol. The molecule has 0 unspecified atom stereocenters. The minimum atomic E-state index is -0.0479. The van der Waals surface area contributed by atoms with Crippen molar-refractivity contribution in [2.24, 2.45) is 0 Å². The highest BCUT2D eigenvalue weighted by molar-refractivity contribution is 5.95. The van der Waals surface area contributed by atoms with Gasteiger partial charge < -0.3 is 34.3 Å². The molecule has 0 bridgehead atoms. The number of amides is 2. The predicted molar refractivity (Wildman–Crippen MR) is 152 cm³/mol. The van der Waals surface area contributed by atoms with Gasteiger partial charge in [0, 0.05) is 30.5 Å². The average Bonchev–Trinajstić information content (AvgIpc) is 2.96. The lowest BCUT2D eigenvalue weighted by Gasteiger charge is -2.26. The predicted octanol–water partition coefficient (Wildman–Crippen LogP) is 2.67. The van der Waals surface area contributed by atoms with Crippen molar-refractivity contribution in [1.29, 1.82) is 0 Å². The number of para-hydroxylation sites is 1. The van der Waals surface area contributed by atoms with Gasteiger partial charge in [-0.05, 0) is 36.6 Å². The topological polar surface area (TPSA) is 107 Å². The summed E-state index contributed by atoms with van der Waals surface area (Å²) in [6, 6.07) is 15.6. The van der Waals surface area contributed by atoms with Crippen LogP contribution in [0.2, 0.25) is 0 Å². The first-order chi connectivity index (χ1) is 19.7. The van der Waals surface area contributed by atoms with Crippen molar-refractivity contribution in [3.8, 4) is 11.8 Å². The quantitative estimate of drug-likeness (QED) is 0.204. The molecular formula is C31H40N2O7. The molecule has 1 aliphatic heterocycles. The van der Waals surface area contributed by atoms with E-state index >= 15 is 0 Å². The number of hydrogen-bond acceptors (Lipinski definition) is 7. The summed E-state index contributed by atoms with van der Waals surface area (Å²) in [6.07, 6.45) is 1.99. The van der Waals surface area contributed by atoms with Crippen molar-refractivity contribution in [1.82, 2.24) is 5.32 Å². The standard InChI is InChI=1S/C31H40N2O7/c34-16-18-38-20-22-40-24-23-39-21-19-37-17-15-32-30(35)11-5-6-12-31(36)33-25-28-9-2-1-7-26(28)13-14-27-8-3-4-10-29(27)33/h1-4,7-10,34H,5-6,11-12,15-25H2,(H,32,35). The Morgan fingerprint density at radius 3 is 2.05 bits per heavy atom. The Labute approximate surface area is 236 Å². The van der Waals surface area contributed by atoms with Crippen molar-refractivity contribution in [3.63, 3.8) is 0 Å². The van der Waals surface area contributed by atoms with Crippen molar-refractivity contribution in [3.05, 3.63) is 65.2 Å². The van der Waals surface area contributed by atoms with Crippen LogP contribution in [0.1, 0.15) is 42.4 Å². The van der Waals surface area contributed by atoms with Crippen LogP contribution < -0.4 is 10.2 Å². The van der Waals surface area contributed by atoms with Gasteiger partial charge >= 0.3 is 0 Å². The van der Waals surface area contributed by atoms with Crippen LogP contribution in [0.3, 0.4) is 0 Å². The molecule has 0 saturated heterocycles. The van der Waals surface area contributed by atoms with E-state index < -0.39 is 0 Å². The van der Waals surface area contributed by atoms with E-state index in [1.807, 2.05) is 53.4 Å². The number of nitrogens with one attached hydrogen (secondary N) is 1. The van der Waals surface area contributed by atoms with E-state index in [-0.39, 0.29) is 18.4 Å². The van der Waals surface area contributed by atoms with Gasteiger partial charge in [-0.3, -0.25) is 9.59 Å². The summed E-state index contributed by atoms with van der Waals surface area (Å²) in [5, 5.41) is 11.4. The van der Waals surface area contributed by atoms with Gasteiger partial charge in [0.2, 0.25) is 11.8 Å². The number of ether oxygens (including phenoxy) is 4. The smallest absolute Gasteiger partial charge is 0.227 e. The Morgan fingerprint density at radius 1 is 0.750 bits per heavy atom. The molecule has 216 valence electrons. The van der Waals surface area contributed by atoms with Crippen molar-refractivity contribution < 1.29 is 33.6 Å². The van der Waals surface area contributed by atoms with Crippen LogP contribution in [0, 0.1) is 11.8 Å². The van der Waals surface area contributed by atoms with Crippen molar-refractivity contribution in [2.75, 3.05) is 70.9 Å². The van der Waals surface area contributed by atoms with Crippen molar-refractivity contribution in [2.45, 2.75) is 32.2 Å². The van der Waals surface area contributed by atoms with E-state index in [2.05, 4.69) is 17.2 Å². The molecule has 0 atom stereocenters. The molecule has 40 heavy (non-hydrogen) atoms. The Kier molecular flexibility index (Phi) is 14.8. The Hall–Kier alpha value is -3.26. The van der Waals surface area contributed by atoms with Crippen LogP contribution in [0.4, 0.5) is 5.69 Å². The van der Waals surface area contributed by atoms with E-state index in [4.69, 9.17) is 24.1 Å². The zero-order chi connectivity index (χ0) is 28.3. The molecule has 1 aliphatic rings. The fourth-order valence-corrected chi connectivity index (χ4v) is 4.08. The SMILES string of the molecule is O=C(CCCCC(=O)N1Cc2ccccc2C#Cc2ccccc21)NCCOCCOCCOCCOCCO. The molecule has 0 aliphatic carbocycles. The third-order valence-electron chi connectivity index (χ3n) is 6.14. The van der Waals surface area contributed by atoms with Crippen molar-refractivity contribution >= 4 is 17.5 Å². The van der Waals surface area contributed by atoms with Gasteiger partial charge in [0.25, 0.3) is 0 Å². The van der Waals surface area contributed by atoms with E-state index in [0.717, 1.165) is 22.4 Å². The molecule has 2 amide bonds. The first kappa shape index (κ1) is 31.3. The Balaban J connectivity index is 1.24. The highest BCUT2D eigenvalue weighted by Gasteiger charge is 2.20. The van der Waals surface area contributed by atoms with Gasteiger partial charge in [0.05, 0.1) is 71.7 Å². The highest BCUT2D eigenvalue weighted by atomic mass is 16.6. The molecule has 2 aromatic carbocycles. The summed E-state index contributed by atoms with van der Waals surface area (Å²) in [5.41, 5.74) is 3.62. The van der Waals surface area contributed by atoms with Crippen LogP contribution in [0.25, 0.3) is 0 Å². The number of carbonyl (C=O) groups excluding carboxylic acids is 2. The molecule has 2 aromatic rings. The summed E-state index contributed by atoms with van der Waals surface area (Å²) in [7, 11) is 0. The summed E-state index contributed by atoms with van der Waals surface area (Å²) in [5.74, 6) is 6.42. The number of aliphatic hydroxyl groups excluding tert-OH is 1.